The Morgan fingerprint density at radius 2 is 2.10 bits per heavy atom. The van der Waals surface area contributed by atoms with Crippen LogP contribution in [0.2, 0.25) is 5.02 Å². The largest absolute Gasteiger partial charge is 0.461 e. The van der Waals surface area contributed by atoms with E-state index < -0.39 is 0 Å². The number of piperazine rings is 1. The fourth-order valence-electron chi connectivity index (χ4n) is 6.55. The second-order valence-corrected chi connectivity index (χ2v) is 10.7. The first-order valence-corrected chi connectivity index (χ1v) is 12.1. The van der Waals surface area contributed by atoms with Gasteiger partial charge < -0.3 is 14.5 Å². The Bertz CT molecular complexity index is 847. The van der Waals surface area contributed by atoms with Crippen molar-refractivity contribution in [3.05, 3.63) is 40.9 Å². The van der Waals surface area contributed by atoms with Crippen molar-refractivity contribution in [2.75, 3.05) is 37.6 Å². The minimum absolute atomic E-state index is 0.0221. The first kappa shape index (κ1) is 20.4. The summed E-state index contributed by atoms with van der Waals surface area (Å²) in [6.45, 7) is 9.78. The van der Waals surface area contributed by atoms with Crippen molar-refractivity contribution >= 4 is 23.3 Å². The number of allylic oxidation sites excluding steroid dienone is 1. The third kappa shape index (κ3) is 3.67. The van der Waals surface area contributed by atoms with E-state index in [4.69, 9.17) is 16.3 Å². The van der Waals surface area contributed by atoms with Gasteiger partial charge in [0.1, 0.15) is 12.0 Å². The molecule has 0 radical (unpaired) electrons. The molecule has 5 rings (SSSR count). The molecule has 1 aromatic rings. The maximum atomic E-state index is 12.8. The van der Waals surface area contributed by atoms with Crippen LogP contribution in [0.1, 0.15) is 39.5 Å². The predicted octanol–water partition coefficient (Wildman–Crippen LogP) is 3.36. The highest BCUT2D eigenvalue weighted by atomic mass is 35.5. The molecule has 1 aromatic carbocycles. The molecule has 2 heterocycles. The summed E-state index contributed by atoms with van der Waals surface area (Å²) in [4.78, 5) is 16.8. The average molecular weight is 430 g/mol. The van der Waals surface area contributed by atoms with Crippen LogP contribution in [-0.2, 0) is 9.53 Å². The minimum Gasteiger partial charge on any atom is -0.461 e. The number of hydrogen-bond donors (Lipinski definition) is 1. The van der Waals surface area contributed by atoms with Crippen molar-refractivity contribution < 1.29 is 14.4 Å². The van der Waals surface area contributed by atoms with Crippen molar-refractivity contribution in [3.8, 4) is 0 Å². The molecule has 5 atom stereocenters. The lowest BCUT2D eigenvalue weighted by Gasteiger charge is -2.46. The van der Waals surface area contributed by atoms with Crippen molar-refractivity contribution in [1.29, 1.82) is 0 Å². The van der Waals surface area contributed by atoms with Gasteiger partial charge in [-0.3, -0.25) is 4.79 Å². The zero-order valence-electron chi connectivity index (χ0n) is 18.2. The number of rotatable bonds is 3. The van der Waals surface area contributed by atoms with Crippen LogP contribution in [0.4, 0.5) is 5.69 Å². The van der Waals surface area contributed by atoms with Crippen molar-refractivity contribution in [2.24, 2.45) is 23.2 Å². The van der Waals surface area contributed by atoms with Gasteiger partial charge in [0, 0.05) is 16.6 Å². The highest BCUT2D eigenvalue weighted by Gasteiger charge is 2.52. The summed E-state index contributed by atoms with van der Waals surface area (Å²) in [5.41, 5.74) is 3.05. The number of quaternary nitrogens is 1. The van der Waals surface area contributed by atoms with E-state index in [1.165, 1.54) is 29.8 Å². The minimum atomic E-state index is 0.0221. The molecule has 0 amide bonds. The lowest BCUT2D eigenvalue weighted by atomic mass is 9.59. The van der Waals surface area contributed by atoms with E-state index in [2.05, 4.69) is 30.9 Å². The Morgan fingerprint density at radius 3 is 2.87 bits per heavy atom. The summed E-state index contributed by atoms with van der Waals surface area (Å²) in [6.07, 6.45) is 7.42. The van der Waals surface area contributed by atoms with Gasteiger partial charge in [-0.2, -0.15) is 0 Å². The van der Waals surface area contributed by atoms with E-state index in [0.717, 1.165) is 44.2 Å². The molecular formula is C25H34ClN2O2+. The number of ether oxygens (including phenoxy) is 1. The molecule has 0 bridgehead atoms. The Labute approximate surface area is 185 Å². The fraction of sp³-hybridized carbons (Fsp3) is 0.640. The van der Waals surface area contributed by atoms with Crippen LogP contribution in [0.3, 0.4) is 0 Å². The summed E-state index contributed by atoms with van der Waals surface area (Å²) in [7, 11) is 0. The SMILES string of the molecule is C[C@@H]1CCC[C@]2(C)C[C@H]3OC(=O)[C@@H](C[NH+]4CCN(c5cccc(Cl)c5)CC4)[C@H]3C=C12. The highest BCUT2D eigenvalue weighted by Crippen LogP contribution is 2.53. The molecule has 1 N–H and O–H groups in total. The number of nitrogens with zero attached hydrogens (tertiary/aromatic N) is 1. The summed E-state index contributed by atoms with van der Waals surface area (Å²) in [5, 5.41) is 0.788. The molecule has 162 valence electrons. The van der Waals surface area contributed by atoms with Crippen LogP contribution >= 0.6 is 11.6 Å². The number of nitrogens with one attached hydrogen (secondary N) is 1. The van der Waals surface area contributed by atoms with Gasteiger partial charge in [0.2, 0.25) is 0 Å². The third-order valence-electron chi connectivity index (χ3n) is 8.23. The van der Waals surface area contributed by atoms with E-state index in [0.29, 0.717) is 5.92 Å². The molecule has 2 aliphatic carbocycles. The molecule has 4 aliphatic rings. The fourth-order valence-corrected chi connectivity index (χ4v) is 6.74. The molecule has 1 saturated carbocycles. The monoisotopic (exact) mass is 429 g/mol. The first-order chi connectivity index (χ1) is 14.4. The molecule has 0 spiro atoms. The summed E-state index contributed by atoms with van der Waals surface area (Å²) in [5.74, 6) is 0.990. The van der Waals surface area contributed by atoms with E-state index in [1.807, 2.05) is 18.2 Å². The third-order valence-corrected chi connectivity index (χ3v) is 8.47. The van der Waals surface area contributed by atoms with Gasteiger partial charge in [-0.05, 0) is 48.8 Å². The van der Waals surface area contributed by atoms with Crippen LogP contribution in [0.5, 0.6) is 0 Å². The molecular weight excluding hydrogens is 396 g/mol. The van der Waals surface area contributed by atoms with Crippen molar-refractivity contribution in [1.82, 2.24) is 0 Å². The maximum Gasteiger partial charge on any atom is 0.315 e. The topological polar surface area (TPSA) is 34.0 Å². The Balaban J connectivity index is 1.26. The Hall–Kier alpha value is -1.52. The molecule has 0 unspecified atom stereocenters. The number of halogens is 1. The number of benzene rings is 1. The predicted molar refractivity (Wildman–Crippen MR) is 120 cm³/mol. The smallest absolute Gasteiger partial charge is 0.315 e. The Morgan fingerprint density at radius 1 is 1.30 bits per heavy atom. The first-order valence-electron chi connectivity index (χ1n) is 11.7. The van der Waals surface area contributed by atoms with Gasteiger partial charge in [-0.1, -0.05) is 49.6 Å². The molecule has 4 nitrogen and oxygen atoms in total. The van der Waals surface area contributed by atoms with Gasteiger partial charge in [0.25, 0.3) is 0 Å². The normalized spacial score (nSPS) is 36.7. The van der Waals surface area contributed by atoms with Crippen LogP contribution in [-0.4, -0.2) is 44.8 Å². The van der Waals surface area contributed by atoms with E-state index in [-0.39, 0.29) is 29.3 Å². The molecule has 2 saturated heterocycles. The van der Waals surface area contributed by atoms with Gasteiger partial charge >= 0.3 is 5.97 Å². The van der Waals surface area contributed by atoms with Gasteiger partial charge in [-0.25, -0.2) is 0 Å². The zero-order valence-corrected chi connectivity index (χ0v) is 19.0. The van der Waals surface area contributed by atoms with Crippen LogP contribution in [0.25, 0.3) is 0 Å². The number of fused-ring (bicyclic) bond motifs is 2. The summed E-state index contributed by atoms with van der Waals surface area (Å²) < 4.78 is 5.95. The molecule has 30 heavy (non-hydrogen) atoms. The summed E-state index contributed by atoms with van der Waals surface area (Å²) >= 11 is 6.17. The second kappa shape index (κ2) is 7.87. The van der Waals surface area contributed by atoms with E-state index >= 15 is 0 Å². The zero-order chi connectivity index (χ0) is 20.9. The van der Waals surface area contributed by atoms with Crippen LogP contribution in [0, 0.1) is 23.2 Å². The molecule has 0 aromatic heterocycles. The maximum absolute atomic E-state index is 12.8. The van der Waals surface area contributed by atoms with Gasteiger partial charge in [-0.15, -0.1) is 0 Å². The van der Waals surface area contributed by atoms with Crippen molar-refractivity contribution in [2.45, 2.75) is 45.6 Å². The number of carbonyl (C=O) groups excluding carboxylic acids is 1. The Kier molecular flexibility index (Phi) is 5.35. The molecule has 2 aliphatic heterocycles. The number of esters is 1. The van der Waals surface area contributed by atoms with Crippen LogP contribution < -0.4 is 9.80 Å². The molecule has 3 fully saturated rings. The lowest BCUT2D eigenvalue weighted by molar-refractivity contribution is -0.903. The van der Waals surface area contributed by atoms with Gasteiger partial charge in [0.05, 0.1) is 32.7 Å². The van der Waals surface area contributed by atoms with Gasteiger partial charge in [0.15, 0.2) is 0 Å². The quantitative estimate of drug-likeness (QED) is 0.591. The van der Waals surface area contributed by atoms with Crippen molar-refractivity contribution in [3.63, 3.8) is 0 Å². The average Bonchev–Trinajstić information content (AvgIpc) is 3.01. The van der Waals surface area contributed by atoms with E-state index in [1.54, 1.807) is 5.57 Å². The summed E-state index contributed by atoms with van der Waals surface area (Å²) in [6, 6.07) is 8.11. The number of anilines is 1. The lowest BCUT2D eigenvalue weighted by Crippen LogP contribution is -3.15. The number of hydrogen-bond acceptors (Lipinski definition) is 3. The molecule has 5 heteroatoms. The standard InChI is InChI=1S/C25H33ClN2O2/c1-17-5-4-8-25(2)15-23-20(14-22(17)25)21(24(29)30-23)16-27-9-11-28(12-10-27)19-7-3-6-18(26)13-19/h3,6-7,13-14,17,20-21,23H,4-5,8-12,15-16H2,1-2H3/p+1/t17-,20-,21+,23-,25-/m1/s1. The number of carbonyl (C=O) groups is 1. The highest BCUT2D eigenvalue weighted by molar-refractivity contribution is 6.30. The van der Waals surface area contributed by atoms with E-state index in [9.17, 15) is 4.79 Å². The second-order valence-electron chi connectivity index (χ2n) is 10.3. The van der Waals surface area contributed by atoms with Crippen LogP contribution in [0.15, 0.2) is 35.9 Å².